The fourth-order valence-corrected chi connectivity index (χ4v) is 1.53. The molecule has 15 heavy (non-hydrogen) atoms. The molecule has 0 bridgehead atoms. The van der Waals surface area contributed by atoms with E-state index in [-0.39, 0.29) is 0 Å². The number of H-pyrrole nitrogens is 1. The normalized spacial score (nSPS) is 10.3. The zero-order chi connectivity index (χ0) is 10.7. The highest BCUT2D eigenvalue weighted by atomic mass is 15.1. The van der Waals surface area contributed by atoms with E-state index in [9.17, 15) is 0 Å². The van der Waals surface area contributed by atoms with E-state index in [0.717, 1.165) is 12.5 Å². The van der Waals surface area contributed by atoms with Crippen molar-refractivity contribution in [2.45, 2.75) is 20.4 Å². The number of aromatic nitrogens is 2. The average molecular weight is 201 g/mol. The number of imidazole rings is 1. The molecule has 0 aliphatic heterocycles. The van der Waals surface area contributed by atoms with Crippen LogP contribution < -0.4 is 5.32 Å². The Hall–Kier alpha value is -1.77. The predicted octanol–water partition coefficient (Wildman–Crippen LogP) is 2.64. The highest BCUT2D eigenvalue weighted by molar-refractivity contribution is 5.34. The van der Waals surface area contributed by atoms with Crippen LogP contribution in [0.2, 0.25) is 0 Å². The maximum atomic E-state index is 4.12. The highest BCUT2D eigenvalue weighted by Gasteiger charge is 1.99. The molecule has 78 valence electrons. The summed E-state index contributed by atoms with van der Waals surface area (Å²) in [6.45, 7) is 5.04. The molecule has 0 radical (unpaired) electrons. The van der Waals surface area contributed by atoms with Crippen molar-refractivity contribution in [2.75, 3.05) is 5.32 Å². The Morgan fingerprint density at radius 2 is 2.20 bits per heavy atom. The molecule has 0 saturated carbocycles. The molecule has 2 rings (SSSR count). The number of nitrogens with one attached hydrogen (secondary N) is 2. The van der Waals surface area contributed by atoms with Gasteiger partial charge in [-0.15, -0.1) is 0 Å². The van der Waals surface area contributed by atoms with Gasteiger partial charge in [0.2, 0.25) is 0 Å². The molecule has 1 aromatic carbocycles. The number of hydrogen-bond acceptors (Lipinski definition) is 2. The first-order valence-electron chi connectivity index (χ1n) is 5.05. The largest absolute Gasteiger partial charge is 0.352 e. The van der Waals surface area contributed by atoms with Crippen molar-refractivity contribution in [3.63, 3.8) is 0 Å². The van der Waals surface area contributed by atoms with Gasteiger partial charge in [-0.1, -0.05) is 23.8 Å². The van der Waals surface area contributed by atoms with Crippen LogP contribution in [0.4, 0.5) is 5.95 Å². The summed E-state index contributed by atoms with van der Waals surface area (Å²) in [5, 5.41) is 3.24. The zero-order valence-electron chi connectivity index (χ0n) is 9.04. The molecule has 0 spiro atoms. The van der Waals surface area contributed by atoms with Gasteiger partial charge >= 0.3 is 0 Å². The highest BCUT2D eigenvalue weighted by Crippen LogP contribution is 2.11. The molecular formula is C12H15N3. The molecule has 0 amide bonds. The van der Waals surface area contributed by atoms with Gasteiger partial charge in [0.1, 0.15) is 0 Å². The van der Waals surface area contributed by atoms with Crippen LogP contribution in [-0.2, 0) is 6.54 Å². The van der Waals surface area contributed by atoms with Crippen molar-refractivity contribution < 1.29 is 0 Å². The molecule has 0 aliphatic rings. The summed E-state index contributed by atoms with van der Waals surface area (Å²) < 4.78 is 0. The Morgan fingerprint density at radius 3 is 2.93 bits per heavy atom. The van der Waals surface area contributed by atoms with Crippen LogP contribution in [0.25, 0.3) is 0 Å². The summed E-state index contributed by atoms with van der Waals surface area (Å²) in [7, 11) is 0. The number of benzene rings is 1. The predicted molar refractivity (Wildman–Crippen MR) is 61.8 cm³/mol. The Morgan fingerprint density at radius 1 is 1.33 bits per heavy atom. The van der Waals surface area contributed by atoms with E-state index in [1.165, 1.54) is 16.7 Å². The SMILES string of the molecule is Cc1ccc(C)c(CNc2ncc[nH]2)c1. The van der Waals surface area contributed by atoms with Crippen LogP contribution in [0.5, 0.6) is 0 Å². The van der Waals surface area contributed by atoms with Crippen molar-refractivity contribution in [2.24, 2.45) is 0 Å². The number of hydrogen-bond donors (Lipinski definition) is 2. The van der Waals surface area contributed by atoms with E-state index < -0.39 is 0 Å². The number of aryl methyl sites for hydroxylation is 2. The number of anilines is 1. The minimum Gasteiger partial charge on any atom is -0.352 e. The smallest absolute Gasteiger partial charge is 0.200 e. The van der Waals surface area contributed by atoms with E-state index in [1.54, 1.807) is 6.20 Å². The van der Waals surface area contributed by atoms with Crippen LogP contribution >= 0.6 is 0 Å². The first-order chi connectivity index (χ1) is 7.25. The van der Waals surface area contributed by atoms with E-state index in [0.29, 0.717) is 0 Å². The fraction of sp³-hybridized carbons (Fsp3) is 0.250. The number of aromatic amines is 1. The van der Waals surface area contributed by atoms with E-state index in [4.69, 9.17) is 0 Å². The summed E-state index contributed by atoms with van der Waals surface area (Å²) in [6, 6.07) is 6.48. The summed E-state index contributed by atoms with van der Waals surface area (Å²) in [4.78, 5) is 7.14. The van der Waals surface area contributed by atoms with Crippen molar-refractivity contribution >= 4 is 5.95 Å². The summed E-state index contributed by atoms with van der Waals surface area (Å²) in [5.41, 5.74) is 3.91. The lowest BCUT2D eigenvalue weighted by Gasteiger charge is -2.07. The van der Waals surface area contributed by atoms with Crippen LogP contribution in [0.15, 0.2) is 30.6 Å². The second-order valence-electron chi connectivity index (χ2n) is 3.72. The Balaban J connectivity index is 2.07. The fourth-order valence-electron chi connectivity index (χ4n) is 1.53. The van der Waals surface area contributed by atoms with Gasteiger partial charge in [-0.25, -0.2) is 4.98 Å². The van der Waals surface area contributed by atoms with Gasteiger partial charge in [0.05, 0.1) is 0 Å². The summed E-state index contributed by atoms with van der Waals surface area (Å²) in [6.07, 6.45) is 3.55. The molecule has 0 fully saturated rings. The van der Waals surface area contributed by atoms with E-state index in [1.807, 2.05) is 6.20 Å². The zero-order valence-corrected chi connectivity index (χ0v) is 9.04. The van der Waals surface area contributed by atoms with Crippen molar-refractivity contribution in [1.29, 1.82) is 0 Å². The van der Waals surface area contributed by atoms with Gasteiger partial charge < -0.3 is 10.3 Å². The number of rotatable bonds is 3. The molecule has 3 heteroatoms. The van der Waals surface area contributed by atoms with Crippen LogP contribution in [0.3, 0.4) is 0 Å². The molecule has 0 aliphatic carbocycles. The van der Waals surface area contributed by atoms with Gasteiger partial charge in [0.15, 0.2) is 5.95 Å². The first kappa shape index (κ1) is 9.77. The van der Waals surface area contributed by atoms with Crippen LogP contribution in [-0.4, -0.2) is 9.97 Å². The van der Waals surface area contributed by atoms with Gasteiger partial charge in [-0.3, -0.25) is 0 Å². The van der Waals surface area contributed by atoms with Gasteiger partial charge in [-0.05, 0) is 25.0 Å². The topological polar surface area (TPSA) is 40.7 Å². The van der Waals surface area contributed by atoms with Gasteiger partial charge in [-0.2, -0.15) is 0 Å². The molecule has 1 heterocycles. The second kappa shape index (κ2) is 4.17. The molecule has 0 saturated heterocycles. The maximum Gasteiger partial charge on any atom is 0.200 e. The lowest BCUT2D eigenvalue weighted by atomic mass is 10.1. The average Bonchev–Trinajstić information content (AvgIpc) is 2.72. The molecular weight excluding hydrogens is 186 g/mol. The van der Waals surface area contributed by atoms with E-state index >= 15 is 0 Å². The van der Waals surface area contributed by atoms with Gasteiger partial charge in [0.25, 0.3) is 0 Å². The quantitative estimate of drug-likeness (QED) is 0.801. The van der Waals surface area contributed by atoms with Gasteiger partial charge in [0, 0.05) is 18.9 Å². The van der Waals surface area contributed by atoms with Crippen LogP contribution in [0, 0.1) is 13.8 Å². The lowest BCUT2D eigenvalue weighted by Crippen LogP contribution is -2.02. The number of nitrogens with zero attached hydrogens (tertiary/aromatic N) is 1. The third-order valence-corrected chi connectivity index (χ3v) is 2.45. The molecule has 2 aromatic rings. The Labute approximate surface area is 89.6 Å². The molecule has 3 nitrogen and oxygen atoms in total. The van der Waals surface area contributed by atoms with E-state index in [2.05, 4.69) is 47.3 Å². The molecule has 1 aromatic heterocycles. The maximum absolute atomic E-state index is 4.12. The van der Waals surface area contributed by atoms with Crippen molar-refractivity contribution in [3.8, 4) is 0 Å². The molecule has 0 atom stereocenters. The summed E-state index contributed by atoms with van der Waals surface area (Å²) in [5.74, 6) is 0.816. The third kappa shape index (κ3) is 2.37. The molecule has 0 unspecified atom stereocenters. The molecule has 2 N–H and O–H groups in total. The Bertz CT molecular complexity index is 432. The minimum atomic E-state index is 0.807. The second-order valence-corrected chi connectivity index (χ2v) is 3.72. The monoisotopic (exact) mass is 201 g/mol. The van der Waals surface area contributed by atoms with Crippen molar-refractivity contribution in [1.82, 2.24) is 9.97 Å². The van der Waals surface area contributed by atoms with Crippen molar-refractivity contribution in [3.05, 3.63) is 47.3 Å². The third-order valence-electron chi connectivity index (χ3n) is 2.45. The lowest BCUT2D eigenvalue weighted by molar-refractivity contribution is 1.07. The standard InChI is InChI=1S/C12H15N3/c1-9-3-4-10(2)11(7-9)8-15-12-13-5-6-14-12/h3-7H,8H2,1-2H3,(H2,13,14,15). The minimum absolute atomic E-state index is 0.807. The first-order valence-corrected chi connectivity index (χ1v) is 5.05. The Kier molecular flexibility index (Phi) is 2.72. The summed E-state index contributed by atoms with van der Waals surface area (Å²) >= 11 is 0. The van der Waals surface area contributed by atoms with Crippen LogP contribution in [0.1, 0.15) is 16.7 Å².